The average molecular weight is 502 g/mol. The Bertz CT molecular complexity index is 1820. The molecular formula is C33H31N3S. The van der Waals surface area contributed by atoms with Gasteiger partial charge in [0.2, 0.25) is 0 Å². The second kappa shape index (κ2) is 9.28. The Morgan fingerprint density at radius 1 is 0.892 bits per heavy atom. The number of benzene rings is 4. The lowest BCUT2D eigenvalue weighted by Crippen LogP contribution is -2.01. The number of nitrogens with zero attached hydrogens (tertiary/aromatic N) is 2. The Morgan fingerprint density at radius 3 is 2.32 bits per heavy atom. The number of fused-ring (bicyclic) bond motifs is 4. The molecule has 0 aliphatic heterocycles. The van der Waals surface area contributed by atoms with Crippen LogP contribution in [0.5, 0.6) is 0 Å². The fraction of sp³-hybridized carbons (Fsp3) is 0.212. The second-order valence-corrected chi connectivity index (χ2v) is 11.1. The number of thiophene rings is 1. The molecule has 0 saturated carbocycles. The lowest BCUT2D eigenvalue weighted by molar-refractivity contribution is 0.879. The van der Waals surface area contributed by atoms with Gasteiger partial charge in [-0.1, -0.05) is 57.2 Å². The fourth-order valence-corrected chi connectivity index (χ4v) is 5.93. The quantitative estimate of drug-likeness (QED) is 0.235. The van der Waals surface area contributed by atoms with Gasteiger partial charge in [-0.3, -0.25) is 4.99 Å². The van der Waals surface area contributed by atoms with Gasteiger partial charge in [0.25, 0.3) is 0 Å². The van der Waals surface area contributed by atoms with Crippen LogP contribution in [0.2, 0.25) is 0 Å². The molecule has 0 aliphatic carbocycles. The Hall–Kier alpha value is -3.76. The zero-order valence-corrected chi connectivity index (χ0v) is 22.8. The molecule has 0 spiro atoms. The van der Waals surface area contributed by atoms with E-state index in [0.29, 0.717) is 5.92 Å². The number of aromatic amines is 1. The minimum absolute atomic E-state index is 0.434. The largest absolute Gasteiger partial charge is 0.342 e. The number of aliphatic imine (C=N–C) groups is 1. The second-order valence-electron chi connectivity index (χ2n) is 10.2. The summed E-state index contributed by atoms with van der Waals surface area (Å²) in [6, 6.07) is 22.5. The predicted octanol–water partition coefficient (Wildman–Crippen LogP) is 9.88. The first-order chi connectivity index (χ1) is 17.9. The molecule has 3 nitrogen and oxygen atoms in total. The van der Waals surface area contributed by atoms with Crippen LogP contribution in [-0.4, -0.2) is 15.7 Å². The number of aromatic nitrogens is 2. The lowest BCUT2D eigenvalue weighted by atomic mass is 9.95. The van der Waals surface area contributed by atoms with Gasteiger partial charge in [0, 0.05) is 33.2 Å². The van der Waals surface area contributed by atoms with Crippen molar-refractivity contribution in [3.63, 3.8) is 0 Å². The predicted molar refractivity (Wildman–Crippen MR) is 162 cm³/mol. The van der Waals surface area contributed by atoms with E-state index in [9.17, 15) is 0 Å². The standard InChI is InChI=1S/C33H31N3S/c1-6-31-34-18-30(36-31)26-10-9-22-15-23(7-8-24(22)16-26)25-11-12-27-20(4)32(35-21(5)19(2)3)28-13-14-37-33(28)29(27)17-25/h7-19H,6H2,1-5H3,(H,34,36). The van der Waals surface area contributed by atoms with Crippen molar-refractivity contribution in [2.24, 2.45) is 10.9 Å². The van der Waals surface area contributed by atoms with E-state index in [1.165, 1.54) is 59.6 Å². The molecule has 0 aliphatic rings. The SMILES string of the molecule is CCc1ncc(-c2ccc3cc(-c4ccc5c(C)c(N=C(C)C(C)C)c6ccsc6c5c4)ccc3c2)[nH]1. The van der Waals surface area contributed by atoms with Crippen LogP contribution in [0.15, 0.2) is 77.2 Å². The highest BCUT2D eigenvalue weighted by molar-refractivity contribution is 7.18. The van der Waals surface area contributed by atoms with E-state index in [4.69, 9.17) is 4.99 Å². The maximum atomic E-state index is 5.08. The Morgan fingerprint density at radius 2 is 1.59 bits per heavy atom. The number of hydrogen-bond acceptors (Lipinski definition) is 3. The van der Waals surface area contributed by atoms with Crippen molar-refractivity contribution in [3.8, 4) is 22.4 Å². The van der Waals surface area contributed by atoms with Gasteiger partial charge < -0.3 is 4.98 Å². The number of hydrogen-bond donors (Lipinski definition) is 1. The number of aryl methyl sites for hydroxylation is 2. The summed E-state index contributed by atoms with van der Waals surface area (Å²) in [5.74, 6) is 1.45. The van der Waals surface area contributed by atoms with E-state index in [1.807, 2.05) is 17.5 Å². The van der Waals surface area contributed by atoms with E-state index in [0.717, 1.165) is 23.6 Å². The van der Waals surface area contributed by atoms with Crippen LogP contribution >= 0.6 is 11.3 Å². The zero-order valence-electron chi connectivity index (χ0n) is 22.0. The maximum absolute atomic E-state index is 5.08. The van der Waals surface area contributed by atoms with Crippen LogP contribution in [0.3, 0.4) is 0 Å². The summed E-state index contributed by atoms with van der Waals surface area (Å²) in [5.41, 5.74) is 8.25. The van der Waals surface area contributed by atoms with Crippen molar-refractivity contribution in [2.45, 2.75) is 41.0 Å². The Kier molecular flexibility index (Phi) is 5.92. The van der Waals surface area contributed by atoms with E-state index < -0.39 is 0 Å². The molecule has 0 bridgehead atoms. The number of rotatable bonds is 5. The van der Waals surface area contributed by atoms with Crippen molar-refractivity contribution in [1.82, 2.24) is 9.97 Å². The van der Waals surface area contributed by atoms with Crippen molar-refractivity contribution >= 4 is 54.4 Å². The summed E-state index contributed by atoms with van der Waals surface area (Å²) in [4.78, 5) is 13.0. The van der Waals surface area contributed by atoms with E-state index in [2.05, 4.69) is 111 Å². The minimum atomic E-state index is 0.434. The minimum Gasteiger partial charge on any atom is -0.342 e. The molecule has 1 N–H and O–H groups in total. The van der Waals surface area contributed by atoms with Crippen molar-refractivity contribution < 1.29 is 0 Å². The monoisotopic (exact) mass is 501 g/mol. The molecule has 4 aromatic carbocycles. The van der Waals surface area contributed by atoms with Crippen LogP contribution < -0.4 is 0 Å². The van der Waals surface area contributed by atoms with Crippen molar-refractivity contribution in [2.75, 3.05) is 0 Å². The third-order valence-corrected chi connectivity index (χ3v) is 8.46. The molecule has 0 saturated heterocycles. The first-order valence-electron chi connectivity index (χ1n) is 13.0. The third-order valence-electron chi connectivity index (χ3n) is 7.52. The molecule has 6 aromatic rings. The van der Waals surface area contributed by atoms with Gasteiger partial charge >= 0.3 is 0 Å². The molecule has 0 fully saturated rings. The van der Waals surface area contributed by atoms with Gasteiger partial charge in [0.05, 0.1) is 17.6 Å². The van der Waals surface area contributed by atoms with Gasteiger partial charge in [-0.05, 0) is 82.3 Å². The molecule has 37 heavy (non-hydrogen) atoms. The first-order valence-corrected chi connectivity index (χ1v) is 13.9. The first kappa shape index (κ1) is 23.6. The van der Waals surface area contributed by atoms with E-state index in [1.54, 1.807) is 0 Å². The Labute approximate surface area is 221 Å². The lowest BCUT2D eigenvalue weighted by Gasteiger charge is -2.13. The fourth-order valence-electron chi connectivity index (χ4n) is 5.00. The number of H-pyrrole nitrogens is 1. The van der Waals surface area contributed by atoms with Crippen molar-refractivity contribution in [3.05, 3.63) is 83.6 Å². The summed E-state index contributed by atoms with van der Waals surface area (Å²) in [6.45, 7) is 10.9. The highest BCUT2D eigenvalue weighted by Gasteiger charge is 2.14. The molecule has 0 atom stereocenters. The van der Waals surface area contributed by atoms with Gasteiger partial charge in [0.1, 0.15) is 5.82 Å². The zero-order chi connectivity index (χ0) is 25.7. The highest BCUT2D eigenvalue weighted by atomic mass is 32.1. The molecule has 0 radical (unpaired) electrons. The van der Waals surface area contributed by atoms with Crippen LogP contribution in [0.1, 0.15) is 39.1 Å². The molecular weight excluding hydrogens is 470 g/mol. The highest BCUT2D eigenvalue weighted by Crippen LogP contribution is 2.42. The van der Waals surface area contributed by atoms with Crippen LogP contribution in [-0.2, 0) is 6.42 Å². The maximum Gasteiger partial charge on any atom is 0.106 e. The number of imidazole rings is 1. The summed E-state index contributed by atoms with van der Waals surface area (Å²) >= 11 is 1.81. The smallest absolute Gasteiger partial charge is 0.106 e. The molecule has 184 valence electrons. The van der Waals surface area contributed by atoms with Gasteiger partial charge in [-0.2, -0.15) is 0 Å². The van der Waals surface area contributed by atoms with Gasteiger partial charge in [-0.25, -0.2) is 4.98 Å². The molecule has 4 heteroatoms. The number of nitrogens with one attached hydrogen (secondary N) is 1. The summed E-state index contributed by atoms with van der Waals surface area (Å²) in [7, 11) is 0. The average Bonchev–Trinajstić information content (AvgIpc) is 3.60. The summed E-state index contributed by atoms with van der Waals surface area (Å²) in [6.07, 6.45) is 2.84. The summed E-state index contributed by atoms with van der Waals surface area (Å²) in [5, 5.41) is 8.50. The molecule has 2 heterocycles. The van der Waals surface area contributed by atoms with Crippen molar-refractivity contribution in [1.29, 1.82) is 0 Å². The molecule has 0 amide bonds. The van der Waals surface area contributed by atoms with E-state index in [-0.39, 0.29) is 0 Å². The molecule has 0 unspecified atom stereocenters. The third kappa shape index (κ3) is 4.15. The normalized spacial score (nSPS) is 12.4. The molecule has 6 rings (SSSR count). The van der Waals surface area contributed by atoms with Gasteiger partial charge in [-0.15, -0.1) is 11.3 Å². The summed E-state index contributed by atoms with van der Waals surface area (Å²) < 4.78 is 1.31. The van der Waals surface area contributed by atoms with Crippen LogP contribution in [0.4, 0.5) is 5.69 Å². The molecule has 2 aromatic heterocycles. The van der Waals surface area contributed by atoms with Crippen LogP contribution in [0.25, 0.3) is 54.0 Å². The Balaban J connectivity index is 1.44. The van der Waals surface area contributed by atoms with E-state index >= 15 is 0 Å². The van der Waals surface area contributed by atoms with Gasteiger partial charge in [0.15, 0.2) is 0 Å². The van der Waals surface area contributed by atoms with Crippen LogP contribution in [0, 0.1) is 12.8 Å². The topological polar surface area (TPSA) is 41.0 Å².